The third-order valence-corrected chi connectivity index (χ3v) is 8.62. The zero-order valence-corrected chi connectivity index (χ0v) is 20.8. The molecule has 1 aliphatic carbocycles. The molecule has 2 aromatic rings. The molecule has 1 aromatic carbocycles. The Morgan fingerprint density at radius 1 is 1.17 bits per heavy atom. The molecule has 36 heavy (non-hydrogen) atoms. The minimum atomic E-state index is -0.401. The van der Waals surface area contributed by atoms with Crippen molar-refractivity contribution in [3.05, 3.63) is 47.2 Å². The van der Waals surface area contributed by atoms with Gasteiger partial charge in [0.2, 0.25) is 11.8 Å². The van der Waals surface area contributed by atoms with Gasteiger partial charge in [-0.1, -0.05) is 17.7 Å². The van der Waals surface area contributed by atoms with Gasteiger partial charge in [0.1, 0.15) is 18.2 Å². The number of aliphatic hydroxyl groups excluding tert-OH is 1. The minimum absolute atomic E-state index is 0.127. The Bertz CT molecular complexity index is 1180. The van der Waals surface area contributed by atoms with Gasteiger partial charge in [-0.05, 0) is 81.3 Å². The average molecular weight is 491 g/mol. The Balaban J connectivity index is 1.04. The van der Waals surface area contributed by atoms with Crippen molar-refractivity contribution in [2.45, 2.75) is 56.9 Å². The van der Waals surface area contributed by atoms with E-state index in [1.807, 2.05) is 17.0 Å². The number of hydrogen-bond donors (Lipinski definition) is 2. The molecule has 1 spiro atoms. The summed E-state index contributed by atoms with van der Waals surface area (Å²) in [5.74, 6) is 2.05. The number of carbonyl (C=O) groups is 2. The predicted octanol–water partition coefficient (Wildman–Crippen LogP) is 2.80. The van der Waals surface area contributed by atoms with Crippen LogP contribution in [0.15, 0.2) is 30.5 Å². The fourth-order valence-electron chi connectivity index (χ4n) is 6.35. The number of pyridine rings is 1. The number of benzene rings is 1. The van der Waals surface area contributed by atoms with Crippen molar-refractivity contribution in [3.8, 4) is 5.75 Å². The molecule has 0 atom stereocenters. The Morgan fingerprint density at radius 3 is 2.75 bits per heavy atom. The summed E-state index contributed by atoms with van der Waals surface area (Å²) in [5, 5.41) is 12.4. The monoisotopic (exact) mass is 490 g/mol. The van der Waals surface area contributed by atoms with Crippen molar-refractivity contribution < 1.29 is 19.4 Å². The Labute approximate surface area is 211 Å². The van der Waals surface area contributed by atoms with Crippen LogP contribution in [-0.4, -0.2) is 65.7 Å². The van der Waals surface area contributed by atoms with Gasteiger partial charge in [-0.2, -0.15) is 0 Å². The van der Waals surface area contributed by atoms with Crippen LogP contribution in [0.2, 0.25) is 0 Å². The Hall–Kier alpha value is -2.97. The maximum absolute atomic E-state index is 12.9. The molecular formula is C28H34N4O4. The number of nitrogens with one attached hydrogen (secondary N) is 1. The van der Waals surface area contributed by atoms with Crippen molar-refractivity contribution in [1.29, 1.82) is 0 Å². The van der Waals surface area contributed by atoms with E-state index in [4.69, 9.17) is 4.74 Å². The van der Waals surface area contributed by atoms with E-state index < -0.39 is 5.41 Å². The molecule has 3 aliphatic heterocycles. The number of aromatic nitrogens is 1. The molecule has 0 radical (unpaired) electrons. The average Bonchev–Trinajstić information content (AvgIpc) is 3.11. The predicted molar refractivity (Wildman–Crippen MR) is 136 cm³/mol. The first kappa shape index (κ1) is 23.4. The number of anilines is 2. The highest BCUT2D eigenvalue weighted by Crippen LogP contribution is 2.45. The van der Waals surface area contributed by atoms with E-state index in [0.717, 1.165) is 73.7 Å². The van der Waals surface area contributed by atoms with Crippen LogP contribution in [0.5, 0.6) is 5.75 Å². The largest absolute Gasteiger partial charge is 0.491 e. The maximum Gasteiger partial charge on any atom is 0.235 e. The molecule has 4 aliphatic rings. The van der Waals surface area contributed by atoms with Crippen molar-refractivity contribution in [3.63, 3.8) is 0 Å². The molecule has 6 rings (SSSR count). The first-order valence-electron chi connectivity index (χ1n) is 13.2. The first-order chi connectivity index (χ1) is 17.5. The number of hydrogen-bond acceptors (Lipinski definition) is 6. The van der Waals surface area contributed by atoms with E-state index in [1.54, 1.807) is 6.20 Å². The van der Waals surface area contributed by atoms with Gasteiger partial charge >= 0.3 is 0 Å². The lowest BCUT2D eigenvalue weighted by Gasteiger charge is -2.43. The summed E-state index contributed by atoms with van der Waals surface area (Å²) < 4.78 is 6.06. The second kappa shape index (κ2) is 9.16. The van der Waals surface area contributed by atoms with Crippen LogP contribution in [0.3, 0.4) is 0 Å². The van der Waals surface area contributed by atoms with E-state index in [-0.39, 0.29) is 24.5 Å². The van der Waals surface area contributed by atoms with Crippen LogP contribution in [0, 0.1) is 12.8 Å². The van der Waals surface area contributed by atoms with Crippen LogP contribution in [0.4, 0.5) is 11.5 Å². The first-order valence-corrected chi connectivity index (χ1v) is 13.2. The summed E-state index contributed by atoms with van der Waals surface area (Å²) in [4.78, 5) is 34.3. The summed E-state index contributed by atoms with van der Waals surface area (Å²) in [7, 11) is 0. The fourth-order valence-corrected chi connectivity index (χ4v) is 6.35. The third-order valence-electron chi connectivity index (χ3n) is 8.62. The molecular weight excluding hydrogens is 456 g/mol. The van der Waals surface area contributed by atoms with Crippen LogP contribution in [-0.2, 0) is 21.4 Å². The second-order valence-corrected chi connectivity index (χ2v) is 10.9. The van der Waals surface area contributed by atoms with E-state index in [9.17, 15) is 14.7 Å². The van der Waals surface area contributed by atoms with Gasteiger partial charge < -0.3 is 15.2 Å². The summed E-state index contributed by atoms with van der Waals surface area (Å²) in [6.07, 6.45) is 6.21. The number of likely N-dealkylation sites (tertiary alicyclic amines) is 1. The molecule has 1 saturated carbocycles. The number of fused-ring (bicyclic) bond motifs is 3. The van der Waals surface area contributed by atoms with Crippen LogP contribution < -0.4 is 15.0 Å². The van der Waals surface area contributed by atoms with Crippen LogP contribution in [0.1, 0.15) is 48.8 Å². The molecule has 1 aromatic heterocycles. The number of rotatable bonds is 6. The van der Waals surface area contributed by atoms with E-state index in [0.29, 0.717) is 25.4 Å². The smallest absolute Gasteiger partial charge is 0.235 e. The van der Waals surface area contributed by atoms with Crippen molar-refractivity contribution in [2.75, 3.05) is 43.1 Å². The topological polar surface area (TPSA) is 95.0 Å². The highest BCUT2D eigenvalue weighted by Gasteiger charge is 2.48. The van der Waals surface area contributed by atoms with Crippen LogP contribution in [0.25, 0.3) is 0 Å². The molecule has 2 amide bonds. The van der Waals surface area contributed by atoms with Gasteiger partial charge in [-0.15, -0.1) is 0 Å². The molecule has 0 bridgehead atoms. The van der Waals surface area contributed by atoms with Crippen molar-refractivity contribution in [2.24, 2.45) is 5.92 Å². The zero-order chi connectivity index (χ0) is 24.9. The third kappa shape index (κ3) is 3.96. The quantitative estimate of drug-likeness (QED) is 0.647. The molecule has 1 saturated heterocycles. The van der Waals surface area contributed by atoms with Gasteiger partial charge in [0.05, 0.1) is 11.6 Å². The summed E-state index contributed by atoms with van der Waals surface area (Å²) in [6, 6.07) is 8.41. The molecule has 8 nitrogen and oxygen atoms in total. The fraction of sp³-hybridized carbons (Fsp3) is 0.536. The highest BCUT2D eigenvalue weighted by molar-refractivity contribution is 6.06. The van der Waals surface area contributed by atoms with Gasteiger partial charge in [0, 0.05) is 31.3 Å². The molecule has 2 fully saturated rings. The van der Waals surface area contributed by atoms with E-state index >= 15 is 0 Å². The lowest BCUT2D eigenvalue weighted by Crippen LogP contribution is -2.51. The summed E-state index contributed by atoms with van der Waals surface area (Å²) in [5.41, 5.74) is 3.97. The zero-order valence-electron chi connectivity index (χ0n) is 20.8. The number of ether oxygens (including phenoxy) is 1. The van der Waals surface area contributed by atoms with Gasteiger partial charge in [-0.25, -0.2) is 4.98 Å². The standard InChI is InChI=1S/C28H34N4O4/c1-18-2-4-24-23(12-18)28(27(35)30-24)6-8-31(9-7-28)10-11-36-22-15-20-3-5-25(34)32(26(20)29-16-22)21-13-19(14-21)17-33/h2,4,12,15-16,19,21,33H,3,5-11,13-14,17H2,1H3,(H,30,35). The van der Waals surface area contributed by atoms with Crippen molar-refractivity contribution in [1.82, 2.24) is 9.88 Å². The number of aliphatic hydroxyl groups is 1. The summed E-state index contributed by atoms with van der Waals surface area (Å²) >= 11 is 0. The molecule has 2 N–H and O–H groups in total. The number of carbonyl (C=O) groups excluding carboxylic acids is 2. The number of amides is 2. The normalized spacial score (nSPS) is 24.8. The number of piperidine rings is 1. The van der Waals surface area contributed by atoms with Crippen molar-refractivity contribution >= 4 is 23.3 Å². The number of nitrogens with zero attached hydrogens (tertiary/aromatic N) is 3. The van der Waals surface area contributed by atoms with E-state index in [1.165, 1.54) is 5.56 Å². The highest BCUT2D eigenvalue weighted by atomic mass is 16.5. The van der Waals surface area contributed by atoms with Gasteiger partial charge in [-0.3, -0.25) is 19.4 Å². The second-order valence-electron chi connectivity index (χ2n) is 10.9. The minimum Gasteiger partial charge on any atom is -0.491 e. The lowest BCUT2D eigenvalue weighted by molar-refractivity contribution is -0.122. The maximum atomic E-state index is 12.9. The van der Waals surface area contributed by atoms with E-state index in [2.05, 4.69) is 34.3 Å². The molecule has 190 valence electrons. The summed E-state index contributed by atoms with van der Waals surface area (Å²) in [6.45, 7) is 5.33. The SMILES string of the molecule is Cc1ccc2c(c1)C1(CCN(CCOc3cnc4c(c3)CCC(=O)N4C3CC(CO)C3)CC1)C(=O)N2. The van der Waals surface area contributed by atoms with Gasteiger partial charge in [0.25, 0.3) is 0 Å². The van der Waals surface area contributed by atoms with Crippen LogP contribution >= 0.6 is 0 Å². The Morgan fingerprint density at radius 2 is 1.97 bits per heavy atom. The molecule has 0 unspecified atom stereocenters. The lowest BCUT2D eigenvalue weighted by atomic mass is 9.73. The number of aryl methyl sites for hydroxylation is 2. The Kier molecular flexibility index (Phi) is 5.96. The van der Waals surface area contributed by atoms with Gasteiger partial charge in [0.15, 0.2) is 0 Å². The molecule has 4 heterocycles. The molecule has 8 heteroatoms.